The van der Waals surface area contributed by atoms with E-state index in [0.717, 1.165) is 25.2 Å². The van der Waals surface area contributed by atoms with E-state index in [9.17, 15) is 9.59 Å². The van der Waals surface area contributed by atoms with Crippen LogP contribution in [0.3, 0.4) is 0 Å². The van der Waals surface area contributed by atoms with E-state index in [2.05, 4.69) is 15.5 Å². The maximum atomic E-state index is 11.5. The Bertz CT molecular complexity index is 536. The number of hydrogen-bond donors (Lipinski definition) is 2. The first kappa shape index (κ1) is 17.7. The normalized spacial score (nSPS) is 18.4. The minimum absolute atomic E-state index is 0.0284. The highest BCUT2D eigenvalue weighted by atomic mass is 35.5. The Hall–Kier alpha value is -1.63. The number of benzene rings is 1. The Labute approximate surface area is 141 Å². The third-order valence-corrected chi connectivity index (χ3v) is 4.00. The average Bonchev–Trinajstić information content (AvgIpc) is 2.55. The van der Waals surface area contributed by atoms with Gasteiger partial charge in [-0.05, 0) is 30.7 Å². The van der Waals surface area contributed by atoms with E-state index in [1.54, 1.807) is 0 Å². The van der Waals surface area contributed by atoms with Crippen LogP contribution in [-0.4, -0.2) is 50.1 Å². The molecule has 2 N–H and O–H groups in total. The number of nitrogens with zero attached hydrogens (tertiary/aromatic N) is 1. The van der Waals surface area contributed by atoms with Gasteiger partial charge in [0.2, 0.25) is 5.91 Å². The fourth-order valence-electron chi connectivity index (χ4n) is 2.50. The van der Waals surface area contributed by atoms with Gasteiger partial charge in [-0.25, -0.2) is 4.79 Å². The van der Waals surface area contributed by atoms with Gasteiger partial charge in [0.25, 0.3) is 0 Å². The van der Waals surface area contributed by atoms with Crippen molar-refractivity contribution in [2.24, 2.45) is 0 Å². The molecule has 23 heavy (non-hydrogen) atoms. The zero-order valence-electron chi connectivity index (χ0n) is 13.2. The molecule has 0 radical (unpaired) electrons. The largest absolute Gasteiger partial charge is 0.371 e. The molecule has 7 heteroatoms. The van der Waals surface area contributed by atoms with Crippen molar-refractivity contribution in [1.82, 2.24) is 15.5 Å². The summed E-state index contributed by atoms with van der Waals surface area (Å²) < 4.78 is 5.81. The van der Waals surface area contributed by atoms with Gasteiger partial charge in [-0.2, -0.15) is 0 Å². The maximum Gasteiger partial charge on any atom is 0.321 e. The molecule has 126 valence electrons. The predicted molar refractivity (Wildman–Crippen MR) is 88.4 cm³/mol. The third-order valence-electron chi connectivity index (χ3n) is 3.75. The highest BCUT2D eigenvalue weighted by molar-refractivity contribution is 6.30. The summed E-state index contributed by atoms with van der Waals surface area (Å²) in [4.78, 5) is 24.8. The Morgan fingerprint density at radius 3 is 2.78 bits per heavy atom. The van der Waals surface area contributed by atoms with Crippen LogP contribution in [0.5, 0.6) is 0 Å². The molecule has 0 bridgehead atoms. The van der Waals surface area contributed by atoms with Crippen molar-refractivity contribution in [3.05, 3.63) is 34.9 Å². The molecule has 1 aliphatic heterocycles. The van der Waals surface area contributed by atoms with Crippen molar-refractivity contribution in [2.45, 2.75) is 18.9 Å². The van der Waals surface area contributed by atoms with E-state index < -0.39 is 6.03 Å². The van der Waals surface area contributed by atoms with E-state index in [0.29, 0.717) is 24.5 Å². The minimum Gasteiger partial charge on any atom is -0.371 e. The van der Waals surface area contributed by atoms with E-state index >= 15 is 0 Å². The molecule has 1 aromatic carbocycles. The molecule has 1 aliphatic rings. The summed E-state index contributed by atoms with van der Waals surface area (Å²) in [6.07, 6.45) is 1.06. The predicted octanol–water partition coefficient (Wildman–Crippen LogP) is 1.95. The number of nitrogens with one attached hydrogen (secondary N) is 2. The van der Waals surface area contributed by atoms with Gasteiger partial charge in [-0.3, -0.25) is 15.0 Å². The molecular weight excluding hydrogens is 318 g/mol. The minimum atomic E-state index is -0.468. The number of carbonyl (C=O) groups is 2. The standard InChI is InChI=1S/C16H22ClN3O3/c1-18-16(22)19-15(21)3-2-8-20-9-10-23-14(11-20)12-4-6-13(17)7-5-12/h4-7,14H,2-3,8-11H2,1H3,(H2,18,19,21,22). The molecule has 0 spiro atoms. The number of imide groups is 1. The van der Waals surface area contributed by atoms with Gasteiger partial charge in [-0.1, -0.05) is 23.7 Å². The molecule has 1 aromatic rings. The second kappa shape index (κ2) is 8.86. The second-order valence-corrected chi connectivity index (χ2v) is 5.88. The lowest BCUT2D eigenvalue weighted by Crippen LogP contribution is -2.40. The highest BCUT2D eigenvalue weighted by Gasteiger charge is 2.21. The lowest BCUT2D eigenvalue weighted by molar-refractivity contribution is -0.120. The summed E-state index contributed by atoms with van der Waals surface area (Å²) in [6.45, 7) is 3.10. The first-order valence-corrected chi connectivity index (χ1v) is 8.07. The van der Waals surface area contributed by atoms with Crippen LogP contribution in [0.1, 0.15) is 24.5 Å². The van der Waals surface area contributed by atoms with Crippen LogP contribution >= 0.6 is 11.6 Å². The molecule has 1 heterocycles. The summed E-state index contributed by atoms with van der Waals surface area (Å²) in [7, 11) is 1.48. The molecule has 0 aromatic heterocycles. The van der Waals surface area contributed by atoms with E-state index in [1.807, 2.05) is 24.3 Å². The summed E-state index contributed by atoms with van der Waals surface area (Å²) in [5.41, 5.74) is 1.11. The summed E-state index contributed by atoms with van der Waals surface area (Å²) >= 11 is 5.91. The number of halogens is 1. The highest BCUT2D eigenvalue weighted by Crippen LogP contribution is 2.23. The number of carbonyl (C=O) groups excluding carboxylic acids is 2. The average molecular weight is 340 g/mol. The SMILES string of the molecule is CNC(=O)NC(=O)CCCN1CCOC(c2ccc(Cl)cc2)C1. The lowest BCUT2D eigenvalue weighted by atomic mass is 10.1. The van der Waals surface area contributed by atoms with Gasteiger partial charge in [0.05, 0.1) is 12.7 Å². The van der Waals surface area contributed by atoms with Crippen LogP contribution in [-0.2, 0) is 9.53 Å². The Kier molecular flexibility index (Phi) is 6.83. The van der Waals surface area contributed by atoms with Crippen molar-refractivity contribution >= 4 is 23.5 Å². The monoisotopic (exact) mass is 339 g/mol. The molecular formula is C16H22ClN3O3. The molecule has 1 unspecified atom stereocenters. The van der Waals surface area contributed by atoms with Crippen molar-refractivity contribution in [1.29, 1.82) is 0 Å². The third kappa shape index (κ3) is 5.82. The van der Waals surface area contributed by atoms with Gasteiger partial charge in [0.15, 0.2) is 0 Å². The van der Waals surface area contributed by atoms with E-state index in [4.69, 9.17) is 16.3 Å². The van der Waals surface area contributed by atoms with Crippen LogP contribution in [0.4, 0.5) is 4.79 Å². The number of amides is 3. The molecule has 3 amide bonds. The quantitative estimate of drug-likeness (QED) is 0.860. The number of rotatable bonds is 5. The molecule has 1 fully saturated rings. The Morgan fingerprint density at radius 2 is 2.09 bits per heavy atom. The van der Waals surface area contributed by atoms with Gasteiger partial charge in [0.1, 0.15) is 0 Å². The molecule has 1 saturated heterocycles. The van der Waals surface area contributed by atoms with Crippen molar-refractivity contribution in [2.75, 3.05) is 33.3 Å². The number of ether oxygens (including phenoxy) is 1. The summed E-state index contributed by atoms with van der Waals surface area (Å²) in [6, 6.07) is 7.22. The summed E-state index contributed by atoms with van der Waals surface area (Å²) in [5.74, 6) is -0.258. The van der Waals surface area contributed by atoms with Crippen LogP contribution in [0, 0.1) is 0 Å². The fourth-order valence-corrected chi connectivity index (χ4v) is 2.63. The zero-order chi connectivity index (χ0) is 16.7. The first-order valence-electron chi connectivity index (χ1n) is 7.69. The fraction of sp³-hybridized carbons (Fsp3) is 0.500. The zero-order valence-corrected chi connectivity index (χ0v) is 13.9. The first-order chi connectivity index (χ1) is 11.1. The van der Waals surface area contributed by atoms with Crippen LogP contribution in [0.2, 0.25) is 5.02 Å². The molecule has 2 rings (SSSR count). The lowest BCUT2D eigenvalue weighted by Gasteiger charge is -2.33. The van der Waals surface area contributed by atoms with Crippen molar-refractivity contribution in [3.63, 3.8) is 0 Å². The topological polar surface area (TPSA) is 70.7 Å². The summed E-state index contributed by atoms with van der Waals surface area (Å²) in [5, 5.41) is 5.33. The Balaban J connectivity index is 1.75. The van der Waals surface area contributed by atoms with Crippen LogP contribution in [0.15, 0.2) is 24.3 Å². The number of morpholine rings is 1. The van der Waals surface area contributed by atoms with Gasteiger partial charge < -0.3 is 10.1 Å². The molecule has 6 nitrogen and oxygen atoms in total. The van der Waals surface area contributed by atoms with E-state index in [-0.39, 0.29) is 12.0 Å². The van der Waals surface area contributed by atoms with Crippen molar-refractivity contribution < 1.29 is 14.3 Å². The molecule has 1 atom stereocenters. The maximum absolute atomic E-state index is 11.5. The van der Waals surface area contributed by atoms with Gasteiger partial charge in [0, 0.05) is 31.6 Å². The molecule has 0 saturated carbocycles. The van der Waals surface area contributed by atoms with Crippen LogP contribution in [0.25, 0.3) is 0 Å². The molecule has 0 aliphatic carbocycles. The number of hydrogen-bond acceptors (Lipinski definition) is 4. The second-order valence-electron chi connectivity index (χ2n) is 5.44. The van der Waals surface area contributed by atoms with E-state index in [1.165, 1.54) is 7.05 Å². The number of urea groups is 1. The van der Waals surface area contributed by atoms with Crippen LogP contribution < -0.4 is 10.6 Å². The van der Waals surface area contributed by atoms with Gasteiger partial charge in [-0.15, -0.1) is 0 Å². The van der Waals surface area contributed by atoms with Gasteiger partial charge >= 0.3 is 6.03 Å². The van der Waals surface area contributed by atoms with Crippen molar-refractivity contribution in [3.8, 4) is 0 Å². The Morgan fingerprint density at radius 1 is 1.35 bits per heavy atom. The smallest absolute Gasteiger partial charge is 0.321 e.